The summed E-state index contributed by atoms with van der Waals surface area (Å²) in [7, 11) is -7.53. The summed E-state index contributed by atoms with van der Waals surface area (Å²) in [6.45, 7) is 4.97. The van der Waals surface area contributed by atoms with E-state index in [1.165, 1.54) is 0 Å². The van der Waals surface area contributed by atoms with Crippen LogP contribution in [0.5, 0.6) is 0 Å². The lowest BCUT2D eigenvalue weighted by molar-refractivity contribution is -0.119. The normalized spacial score (nSPS) is 12.1. The maximum atomic E-state index is 11.4. The predicted octanol–water partition coefficient (Wildman–Crippen LogP) is -1.32. The molecule has 0 unspecified atom stereocenters. The van der Waals surface area contributed by atoms with Crippen molar-refractivity contribution in [3.05, 3.63) is 23.6 Å². The molecule has 0 heterocycles. The van der Waals surface area contributed by atoms with Gasteiger partial charge in [0, 0.05) is 23.6 Å². The standard InChI is InChI=1S/C10H16N2O6S2/c1-3-11-9(13)8-20(17,18)6-5-12-10(14)7-19(15,16)4-2/h4-6H,2-3,7-8H2,1H3,(H,11,13)(H,12,14). The van der Waals surface area contributed by atoms with Crippen molar-refractivity contribution in [2.24, 2.45) is 0 Å². The van der Waals surface area contributed by atoms with Crippen LogP contribution in [0.3, 0.4) is 0 Å². The van der Waals surface area contributed by atoms with E-state index in [1.54, 1.807) is 6.92 Å². The fourth-order valence-corrected chi connectivity index (χ4v) is 2.40. The van der Waals surface area contributed by atoms with E-state index in [1.807, 2.05) is 5.32 Å². The van der Waals surface area contributed by atoms with Crippen molar-refractivity contribution in [3.8, 4) is 0 Å². The van der Waals surface area contributed by atoms with Gasteiger partial charge in [-0.25, -0.2) is 16.8 Å². The summed E-state index contributed by atoms with van der Waals surface area (Å²) in [6, 6.07) is 0. The van der Waals surface area contributed by atoms with Crippen LogP contribution < -0.4 is 10.6 Å². The van der Waals surface area contributed by atoms with E-state index in [2.05, 4.69) is 11.9 Å². The number of hydrogen-bond acceptors (Lipinski definition) is 6. The lowest BCUT2D eigenvalue weighted by Gasteiger charge is -2.01. The second-order valence-electron chi connectivity index (χ2n) is 3.60. The summed E-state index contributed by atoms with van der Waals surface area (Å²) >= 11 is 0. The Kier molecular flexibility index (Phi) is 7.14. The number of hydrogen-bond donors (Lipinski definition) is 2. The van der Waals surface area contributed by atoms with Gasteiger partial charge in [0.15, 0.2) is 19.7 Å². The van der Waals surface area contributed by atoms with E-state index >= 15 is 0 Å². The molecule has 0 spiro atoms. The molecule has 0 rings (SSSR count). The largest absolute Gasteiger partial charge is 0.355 e. The van der Waals surface area contributed by atoms with E-state index in [0.717, 1.165) is 6.20 Å². The Morgan fingerprint density at radius 1 is 1.05 bits per heavy atom. The maximum Gasteiger partial charge on any atom is 0.239 e. The predicted molar refractivity (Wildman–Crippen MR) is 73.7 cm³/mol. The number of amides is 2. The number of nitrogens with one attached hydrogen (secondary N) is 2. The highest BCUT2D eigenvalue weighted by Crippen LogP contribution is 1.93. The highest BCUT2D eigenvalue weighted by molar-refractivity contribution is 7.95. The Morgan fingerprint density at radius 3 is 2.10 bits per heavy atom. The summed E-state index contributed by atoms with van der Waals surface area (Å²) < 4.78 is 44.8. The van der Waals surface area contributed by atoms with E-state index in [-0.39, 0.29) is 0 Å². The second kappa shape index (κ2) is 7.80. The zero-order valence-electron chi connectivity index (χ0n) is 10.8. The molecule has 2 amide bonds. The Morgan fingerprint density at radius 2 is 1.60 bits per heavy atom. The molecule has 8 nitrogen and oxygen atoms in total. The number of sulfone groups is 2. The Labute approximate surface area is 117 Å². The van der Waals surface area contributed by atoms with Crippen LogP contribution in [-0.4, -0.2) is 46.7 Å². The SMILES string of the molecule is C=CS(=O)(=O)CC(=O)NC=CS(=O)(=O)CC(=O)NCC. The minimum Gasteiger partial charge on any atom is -0.355 e. The highest BCUT2D eigenvalue weighted by Gasteiger charge is 2.14. The molecule has 0 atom stereocenters. The zero-order valence-corrected chi connectivity index (χ0v) is 12.5. The Hall–Kier alpha value is -1.68. The van der Waals surface area contributed by atoms with E-state index in [9.17, 15) is 26.4 Å². The van der Waals surface area contributed by atoms with Crippen molar-refractivity contribution in [2.75, 3.05) is 18.1 Å². The van der Waals surface area contributed by atoms with Crippen molar-refractivity contribution < 1.29 is 26.4 Å². The first-order valence-corrected chi connectivity index (χ1v) is 8.85. The quantitative estimate of drug-likeness (QED) is 0.570. The van der Waals surface area contributed by atoms with Crippen LogP contribution >= 0.6 is 0 Å². The minimum absolute atomic E-state index is 0.300. The van der Waals surface area contributed by atoms with E-state index in [4.69, 9.17) is 0 Å². The van der Waals surface area contributed by atoms with Gasteiger partial charge in [-0.2, -0.15) is 0 Å². The van der Waals surface area contributed by atoms with Gasteiger partial charge in [-0.05, 0) is 6.92 Å². The average molecular weight is 324 g/mol. The molecule has 0 bridgehead atoms. The lowest BCUT2D eigenvalue weighted by Crippen LogP contribution is -2.29. The Bertz CT molecular complexity index is 604. The van der Waals surface area contributed by atoms with Crippen LogP contribution in [0.25, 0.3) is 0 Å². The van der Waals surface area contributed by atoms with Crippen molar-refractivity contribution in [2.45, 2.75) is 6.92 Å². The molecule has 20 heavy (non-hydrogen) atoms. The topological polar surface area (TPSA) is 126 Å². The summed E-state index contributed by atoms with van der Waals surface area (Å²) in [5.41, 5.74) is 0. The first-order valence-electron chi connectivity index (χ1n) is 5.42. The maximum absolute atomic E-state index is 11.4. The second-order valence-corrected chi connectivity index (χ2v) is 7.44. The summed E-state index contributed by atoms with van der Waals surface area (Å²) in [5.74, 6) is -3.16. The third-order valence-electron chi connectivity index (χ3n) is 1.81. The fourth-order valence-electron chi connectivity index (χ4n) is 0.993. The van der Waals surface area contributed by atoms with Crippen molar-refractivity contribution in [1.29, 1.82) is 0 Å². The highest BCUT2D eigenvalue weighted by atomic mass is 32.2. The molecule has 0 saturated carbocycles. The third kappa shape index (κ3) is 8.43. The van der Waals surface area contributed by atoms with Crippen molar-refractivity contribution >= 4 is 31.5 Å². The summed E-state index contributed by atoms with van der Waals surface area (Å²) in [6.07, 6.45) is 0.773. The van der Waals surface area contributed by atoms with Gasteiger partial charge < -0.3 is 10.6 Å². The molecular weight excluding hydrogens is 308 g/mol. The fraction of sp³-hybridized carbons (Fsp3) is 0.400. The Balaban J connectivity index is 4.47. The summed E-state index contributed by atoms with van der Waals surface area (Å²) in [4.78, 5) is 22.2. The molecule has 114 valence electrons. The van der Waals surface area contributed by atoms with Crippen LogP contribution in [0.2, 0.25) is 0 Å². The molecule has 0 radical (unpaired) electrons. The molecule has 0 aromatic carbocycles. The first kappa shape index (κ1) is 18.3. The molecule has 0 aromatic rings. The van der Waals surface area contributed by atoms with Gasteiger partial charge in [-0.1, -0.05) is 6.58 Å². The average Bonchev–Trinajstić information content (AvgIpc) is 2.27. The molecule has 0 aliphatic heterocycles. The molecule has 0 aromatic heterocycles. The molecular formula is C10H16N2O6S2. The number of carbonyl (C=O) groups excluding carboxylic acids is 2. The van der Waals surface area contributed by atoms with Gasteiger partial charge in [-0.3, -0.25) is 9.59 Å². The van der Waals surface area contributed by atoms with Gasteiger partial charge in [-0.15, -0.1) is 0 Å². The molecule has 0 aliphatic rings. The van der Waals surface area contributed by atoms with E-state index in [0.29, 0.717) is 17.4 Å². The van der Waals surface area contributed by atoms with Gasteiger partial charge in [0.1, 0.15) is 11.5 Å². The van der Waals surface area contributed by atoms with Crippen molar-refractivity contribution in [1.82, 2.24) is 10.6 Å². The van der Waals surface area contributed by atoms with Gasteiger partial charge in [0.05, 0.1) is 0 Å². The summed E-state index contributed by atoms with van der Waals surface area (Å²) in [5, 5.41) is 5.54. The molecule has 10 heteroatoms. The van der Waals surface area contributed by atoms with E-state index < -0.39 is 43.0 Å². The molecule has 2 N–H and O–H groups in total. The first-order chi connectivity index (χ1) is 9.12. The minimum atomic E-state index is -3.82. The molecule has 0 aliphatic carbocycles. The van der Waals surface area contributed by atoms with Crippen LogP contribution in [0, 0.1) is 0 Å². The smallest absolute Gasteiger partial charge is 0.239 e. The van der Waals surface area contributed by atoms with Crippen LogP contribution in [0.1, 0.15) is 6.92 Å². The van der Waals surface area contributed by atoms with Crippen LogP contribution in [0.4, 0.5) is 0 Å². The zero-order chi connectivity index (χ0) is 15.8. The van der Waals surface area contributed by atoms with Crippen LogP contribution in [-0.2, 0) is 29.3 Å². The number of carbonyl (C=O) groups is 2. The van der Waals surface area contributed by atoms with Crippen molar-refractivity contribution in [3.63, 3.8) is 0 Å². The van der Waals surface area contributed by atoms with Crippen LogP contribution in [0.15, 0.2) is 23.6 Å². The van der Waals surface area contributed by atoms with Gasteiger partial charge in [0.2, 0.25) is 11.8 Å². The lowest BCUT2D eigenvalue weighted by atomic mass is 10.6. The van der Waals surface area contributed by atoms with Gasteiger partial charge >= 0.3 is 0 Å². The third-order valence-corrected chi connectivity index (χ3v) is 4.20. The molecule has 0 fully saturated rings. The van der Waals surface area contributed by atoms with Gasteiger partial charge in [0.25, 0.3) is 0 Å². The number of rotatable bonds is 8. The monoisotopic (exact) mass is 324 g/mol. The molecule has 0 saturated heterocycles.